The summed E-state index contributed by atoms with van der Waals surface area (Å²) < 4.78 is 30.3. The largest absolute Gasteiger partial charge is 0.444 e. The van der Waals surface area contributed by atoms with Crippen molar-refractivity contribution in [3.63, 3.8) is 0 Å². The van der Waals surface area contributed by atoms with Gasteiger partial charge in [0.1, 0.15) is 5.60 Å². The average molecular weight is 346 g/mol. The molecular weight excluding hydrogens is 324 g/mol. The fourth-order valence-corrected chi connectivity index (χ4v) is 4.96. The van der Waals surface area contributed by atoms with Crippen molar-refractivity contribution in [3.05, 3.63) is 11.6 Å². The van der Waals surface area contributed by atoms with E-state index in [9.17, 15) is 13.2 Å². The van der Waals surface area contributed by atoms with Crippen LogP contribution >= 0.6 is 11.3 Å². The fourth-order valence-electron chi connectivity index (χ4n) is 2.42. The number of hydrogen-bond donors (Lipinski definition) is 0. The van der Waals surface area contributed by atoms with E-state index < -0.39 is 21.5 Å². The lowest BCUT2D eigenvalue weighted by Crippen LogP contribution is -2.48. The van der Waals surface area contributed by atoms with Crippen LogP contribution in [0.5, 0.6) is 0 Å². The van der Waals surface area contributed by atoms with Gasteiger partial charge in [-0.15, -0.1) is 11.3 Å². The normalized spacial score (nSPS) is 20.0. The molecule has 1 unspecified atom stereocenters. The molecule has 1 saturated heterocycles. The lowest BCUT2D eigenvalue weighted by atomic mass is 10.0. The van der Waals surface area contributed by atoms with Crippen LogP contribution in [0, 0.1) is 0 Å². The van der Waals surface area contributed by atoms with E-state index >= 15 is 0 Å². The smallest absolute Gasteiger partial charge is 0.410 e. The van der Waals surface area contributed by atoms with E-state index in [2.05, 4.69) is 4.98 Å². The third kappa shape index (κ3) is 4.42. The Kier molecular flexibility index (Phi) is 5.11. The number of carbonyl (C=O) groups excluding carboxylic acids is 1. The van der Waals surface area contributed by atoms with E-state index in [4.69, 9.17) is 4.74 Å². The molecule has 1 amide bonds. The van der Waals surface area contributed by atoms with Crippen LogP contribution in [0.25, 0.3) is 0 Å². The van der Waals surface area contributed by atoms with Crippen molar-refractivity contribution in [1.29, 1.82) is 0 Å². The number of piperidine rings is 1. The lowest BCUT2D eigenvalue weighted by Gasteiger charge is -2.36. The zero-order chi connectivity index (χ0) is 16.4. The molecule has 1 fully saturated rings. The first-order valence-corrected chi connectivity index (χ1v) is 9.84. The summed E-state index contributed by atoms with van der Waals surface area (Å²) in [4.78, 5) is 17.7. The molecule has 0 N–H and O–H groups in total. The fraction of sp³-hybridized carbons (Fsp3) is 0.714. The highest BCUT2D eigenvalue weighted by Gasteiger charge is 2.34. The number of amides is 1. The van der Waals surface area contributed by atoms with Gasteiger partial charge in [0, 0.05) is 24.2 Å². The van der Waals surface area contributed by atoms with Crippen LogP contribution in [0.4, 0.5) is 4.79 Å². The average Bonchev–Trinajstić information content (AvgIpc) is 2.91. The van der Waals surface area contributed by atoms with Crippen LogP contribution in [0.15, 0.2) is 15.9 Å². The first kappa shape index (κ1) is 17.2. The summed E-state index contributed by atoms with van der Waals surface area (Å²) in [6.07, 6.45) is 3.49. The van der Waals surface area contributed by atoms with Gasteiger partial charge in [0.05, 0.1) is 5.75 Å². The molecule has 1 aromatic rings. The zero-order valence-corrected chi connectivity index (χ0v) is 14.7. The Morgan fingerprint density at radius 3 is 2.77 bits per heavy atom. The molecule has 22 heavy (non-hydrogen) atoms. The number of aromatic nitrogens is 1. The molecule has 0 aliphatic carbocycles. The van der Waals surface area contributed by atoms with E-state index in [1.165, 1.54) is 6.20 Å². The molecule has 0 saturated carbocycles. The van der Waals surface area contributed by atoms with Crippen LogP contribution in [-0.4, -0.2) is 48.3 Å². The third-order valence-corrected chi connectivity index (χ3v) is 6.42. The van der Waals surface area contributed by atoms with Crippen molar-refractivity contribution < 1.29 is 17.9 Å². The van der Waals surface area contributed by atoms with Crippen LogP contribution < -0.4 is 0 Å². The van der Waals surface area contributed by atoms with Crippen molar-refractivity contribution in [3.8, 4) is 0 Å². The minimum atomic E-state index is -3.47. The van der Waals surface area contributed by atoms with Gasteiger partial charge >= 0.3 is 6.09 Å². The summed E-state index contributed by atoms with van der Waals surface area (Å²) in [5, 5.41) is 1.64. The number of ether oxygens (including phenoxy) is 1. The van der Waals surface area contributed by atoms with Crippen LogP contribution in [-0.2, 0) is 14.6 Å². The maximum absolute atomic E-state index is 12.4. The topological polar surface area (TPSA) is 76.6 Å². The molecule has 0 bridgehead atoms. The van der Waals surface area contributed by atoms with Crippen LogP contribution in [0.3, 0.4) is 0 Å². The second-order valence-corrected chi connectivity index (χ2v) is 9.51. The second-order valence-electron chi connectivity index (χ2n) is 6.40. The summed E-state index contributed by atoms with van der Waals surface area (Å²) in [5.41, 5.74) is -0.590. The van der Waals surface area contributed by atoms with Gasteiger partial charge in [-0.05, 0) is 40.0 Å². The molecular formula is C14H22N2O4S2. The number of sulfone groups is 1. The lowest BCUT2D eigenvalue weighted by molar-refractivity contribution is 0.0124. The zero-order valence-electron chi connectivity index (χ0n) is 13.1. The Labute approximate surface area is 135 Å². The minimum absolute atomic E-state index is 0.0975. The van der Waals surface area contributed by atoms with Gasteiger partial charge < -0.3 is 9.64 Å². The summed E-state index contributed by atoms with van der Waals surface area (Å²) in [6, 6.07) is -0.350. The number of thiazole rings is 1. The molecule has 8 heteroatoms. The minimum Gasteiger partial charge on any atom is -0.444 e. The molecule has 6 nitrogen and oxygen atoms in total. The first-order chi connectivity index (χ1) is 10.2. The summed E-state index contributed by atoms with van der Waals surface area (Å²) in [5.74, 6) is -0.0975. The summed E-state index contributed by atoms with van der Waals surface area (Å²) >= 11 is 1.10. The quantitative estimate of drug-likeness (QED) is 0.841. The molecule has 1 atom stereocenters. The maximum atomic E-state index is 12.4. The number of carbonyl (C=O) groups is 1. The molecule has 1 aromatic heterocycles. The Morgan fingerprint density at radius 2 is 2.18 bits per heavy atom. The molecule has 2 rings (SSSR count). The first-order valence-electron chi connectivity index (χ1n) is 7.31. The number of hydrogen-bond acceptors (Lipinski definition) is 6. The van der Waals surface area contributed by atoms with Gasteiger partial charge in [-0.25, -0.2) is 18.2 Å². The molecule has 0 spiro atoms. The van der Waals surface area contributed by atoms with Gasteiger partial charge in [-0.2, -0.15) is 0 Å². The van der Waals surface area contributed by atoms with E-state index in [0.29, 0.717) is 13.0 Å². The van der Waals surface area contributed by atoms with Crippen molar-refractivity contribution in [2.75, 3.05) is 12.3 Å². The molecule has 1 aliphatic heterocycles. The van der Waals surface area contributed by atoms with Crippen molar-refractivity contribution in [2.24, 2.45) is 0 Å². The molecule has 1 aliphatic rings. The Bertz CT molecular complexity index is 605. The van der Waals surface area contributed by atoms with Gasteiger partial charge in [0.15, 0.2) is 0 Å². The van der Waals surface area contributed by atoms with Crippen molar-refractivity contribution in [1.82, 2.24) is 9.88 Å². The standard InChI is InChI=1S/C14H22N2O4S2/c1-14(2,3)20-13(17)16-8-5-4-6-11(16)10-22(18,19)12-15-7-9-21-12/h7,9,11H,4-6,8,10H2,1-3H3. The highest BCUT2D eigenvalue weighted by atomic mass is 32.2. The maximum Gasteiger partial charge on any atom is 0.410 e. The monoisotopic (exact) mass is 346 g/mol. The van der Waals surface area contributed by atoms with Gasteiger partial charge in [0.2, 0.25) is 14.2 Å². The predicted octanol–water partition coefficient (Wildman–Crippen LogP) is 2.71. The Hall–Kier alpha value is -1.15. The van der Waals surface area contributed by atoms with Crippen LogP contribution in [0.1, 0.15) is 40.0 Å². The summed E-state index contributed by atoms with van der Waals surface area (Å²) in [6.45, 7) is 5.94. The van der Waals surface area contributed by atoms with E-state index in [0.717, 1.165) is 24.2 Å². The van der Waals surface area contributed by atoms with Gasteiger partial charge in [0.25, 0.3) is 0 Å². The second kappa shape index (κ2) is 6.54. The van der Waals surface area contributed by atoms with E-state index in [1.807, 2.05) is 0 Å². The SMILES string of the molecule is CC(C)(C)OC(=O)N1CCCCC1CS(=O)(=O)c1nccs1. The number of rotatable bonds is 3. The highest BCUT2D eigenvalue weighted by molar-refractivity contribution is 7.93. The van der Waals surface area contributed by atoms with Gasteiger partial charge in [-0.3, -0.25) is 0 Å². The van der Waals surface area contributed by atoms with E-state index in [1.54, 1.807) is 31.1 Å². The molecule has 124 valence electrons. The number of nitrogens with zero attached hydrogens (tertiary/aromatic N) is 2. The Morgan fingerprint density at radius 1 is 1.45 bits per heavy atom. The summed E-state index contributed by atoms with van der Waals surface area (Å²) in [7, 11) is -3.47. The van der Waals surface area contributed by atoms with E-state index in [-0.39, 0.29) is 16.1 Å². The molecule has 0 aromatic carbocycles. The highest BCUT2D eigenvalue weighted by Crippen LogP contribution is 2.24. The predicted molar refractivity (Wildman–Crippen MR) is 84.7 cm³/mol. The Balaban J connectivity index is 2.12. The third-order valence-electron chi connectivity index (χ3n) is 3.34. The van der Waals surface area contributed by atoms with Crippen molar-refractivity contribution in [2.45, 2.75) is 56.0 Å². The molecule has 2 heterocycles. The van der Waals surface area contributed by atoms with Gasteiger partial charge in [-0.1, -0.05) is 0 Å². The molecule has 0 radical (unpaired) electrons. The van der Waals surface area contributed by atoms with Crippen LogP contribution in [0.2, 0.25) is 0 Å². The van der Waals surface area contributed by atoms with Crippen molar-refractivity contribution >= 4 is 27.3 Å². The number of likely N-dealkylation sites (tertiary alicyclic amines) is 1.